The van der Waals surface area contributed by atoms with E-state index >= 15 is 0 Å². The van der Waals surface area contributed by atoms with Crippen molar-refractivity contribution >= 4 is 31.4 Å². The first-order chi connectivity index (χ1) is 7.34. The molecule has 0 aliphatic heterocycles. The zero-order chi connectivity index (χ0) is 12.3. The summed E-state index contributed by atoms with van der Waals surface area (Å²) in [6.07, 6.45) is 5.43. The quantitative estimate of drug-likeness (QED) is 0.608. The Hall–Kier alpha value is 0.0269. The molecule has 0 amide bonds. The normalized spacial score (nSPS) is 16.1. The molecule has 0 saturated heterocycles. The first-order valence-corrected chi connectivity index (χ1v) is 10.5. The topological polar surface area (TPSA) is 27.1 Å². The molecule has 1 heterocycles. The Bertz CT molecular complexity index is 340. The summed E-state index contributed by atoms with van der Waals surface area (Å²) >= 11 is 7.47. The molecule has 0 bridgehead atoms. The zero-order valence-electron chi connectivity index (χ0n) is 10.4. The predicted molar refractivity (Wildman–Crippen MR) is 73.7 cm³/mol. The number of hydrogen-bond acceptors (Lipinski definition) is 3. The fourth-order valence-electron chi connectivity index (χ4n) is 1.03. The van der Waals surface area contributed by atoms with Crippen molar-refractivity contribution in [3.05, 3.63) is 17.4 Å². The van der Waals surface area contributed by atoms with E-state index in [0.29, 0.717) is 5.02 Å². The third kappa shape index (κ3) is 3.80. The summed E-state index contributed by atoms with van der Waals surface area (Å²) in [4.78, 5) is 0. The van der Waals surface area contributed by atoms with E-state index in [9.17, 15) is 0 Å². The molecule has 0 aromatic carbocycles. The maximum atomic E-state index is 6.03. The monoisotopic (exact) mass is 278 g/mol. The number of thioether (sulfide) groups is 1. The number of rotatable bonds is 5. The van der Waals surface area contributed by atoms with Gasteiger partial charge >= 0.3 is 0 Å². The van der Waals surface area contributed by atoms with Crippen LogP contribution in [0.2, 0.25) is 24.7 Å². The summed E-state index contributed by atoms with van der Waals surface area (Å²) in [6, 6.07) is 0. The first-order valence-electron chi connectivity index (χ1n) is 5.22. The highest BCUT2D eigenvalue weighted by molar-refractivity contribution is 7.98. The molecular weight excluding hydrogens is 260 g/mol. The summed E-state index contributed by atoms with van der Waals surface area (Å²) in [7, 11) is -1.28. The molecule has 0 saturated carbocycles. The second-order valence-corrected chi connectivity index (χ2v) is 11.7. The van der Waals surface area contributed by atoms with Crippen molar-refractivity contribution in [2.75, 3.05) is 6.26 Å². The second kappa shape index (κ2) is 5.58. The molecule has 92 valence electrons. The average Bonchev–Trinajstić information content (AvgIpc) is 2.59. The van der Waals surface area contributed by atoms with Gasteiger partial charge in [-0.05, 0) is 13.2 Å². The van der Waals surface area contributed by atoms with Gasteiger partial charge in [-0.15, -0.1) is 11.8 Å². The van der Waals surface area contributed by atoms with E-state index in [-0.39, 0.29) is 11.3 Å². The van der Waals surface area contributed by atoms with E-state index in [4.69, 9.17) is 16.3 Å². The molecule has 6 heteroatoms. The highest BCUT2D eigenvalue weighted by atomic mass is 35.5. The van der Waals surface area contributed by atoms with E-state index in [0.717, 1.165) is 0 Å². The zero-order valence-corrected chi connectivity index (χ0v) is 13.0. The molecule has 16 heavy (non-hydrogen) atoms. The molecule has 2 atom stereocenters. The van der Waals surface area contributed by atoms with Crippen LogP contribution in [-0.2, 0) is 4.74 Å². The van der Waals surface area contributed by atoms with Crippen molar-refractivity contribution in [2.45, 2.75) is 37.9 Å². The number of ether oxygens (including phenoxy) is 1. The largest absolute Gasteiger partial charge is 0.348 e. The maximum Gasteiger partial charge on any atom is 0.197 e. The highest BCUT2D eigenvalue weighted by Crippen LogP contribution is 2.26. The molecule has 3 nitrogen and oxygen atoms in total. The van der Waals surface area contributed by atoms with Crippen molar-refractivity contribution in [3.8, 4) is 0 Å². The summed E-state index contributed by atoms with van der Waals surface area (Å²) in [5.74, 6) is 0. The van der Waals surface area contributed by atoms with Gasteiger partial charge in [-0.25, -0.2) is 4.68 Å². The Labute approximate surface area is 108 Å². The molecule has 0 aliphatic carbocycles. The smallest absolute Gasteiger partial charge is 0.197 e. The fraction of sp³-hybridized carbons (Fsp3) is 0.700. The van der Waals surface area contributed by atoms with Crippen LogP contribution < -0.4 is 0 Å². The molecule has 2 unspecified atom stereocenters. The van der Waals surface area contributed by atoms with Gasteiger partial charge in [-0.3, -0.25) is 0 Å². The number of halogens is 1. The SMILES string of the molecule is CSC(OC(C)[Si](C)(C)C)n1cc(Cl)cn1. The molecule has 1 aromatic heterocycles. The van der Waals surface area contributed by atoms with Crippen molar-refractivity contribution in [1.29, 1.82) is 0 Å². The van der Waals surface area contributed by atoms with Crippen molar-refractivity contribution < 1.29 is 4.74 Å². The number of hydrogen-bond donors (Lipinski definition) is 0. The van der Waals surface area contributed by atoms with Gasteiger partial charge in [0, 0.05) is 11.9 Å². The van der Waals surface area contributed by atoms with Gasteiger partial charge in [0.1, 0.15) is 0 Å². The third-order valence-corrected chi connectivity index (χ3v) is 6.03. The van der Waals surface area contributed by atoms with Crippen molar-refractivity contribution in [3.63, 3.8) is 0 Å². The summed E-state index contributed by atoms with van der Waals surface area (Å²) in [5.41, 5.74) is 0.196. The Morgan fingerprint density at radius 3 is 2.50 bits per heavy atom. The maximum absolute atomic E-state index is 6.03. The van der Waals surface area contributed by atoms with Crippen molar-refractivity contribution in [2.24, 2.45) is 0 Å². The summed E-state index contributed by atoms with van der Waals surface area (Å²) < 4.78 is 7.80. The predicted octanol–water partition coefficient (Wildman–Crippen LogP) is 3.64. The lowest BCUT2D eigenvalue weighted by atomic mass is 10.7. The number of aromatic nitrogens is 2. The molecule has 1 rings (SSSR count). The first kappa shape index (κ1) is 14.1. The van der Waals surface area contributed by atoms with Gasteiger partial charge < -0.3 is 4.74 Å². The van der Waals surface area contributed by atoms with Crippen LogP contribution in [0.15, 0.2) is 12.4 Å². The van der Waals surface area contributed by atoms with Crippen LogP contribution in [0.5, 0.6) is 0 Å². The Balaban J connectivity index is 2.70. The lowest BCUT2D eigenvalue weighted by molar-refractivity contribution is 0.0411. The van der Waals surface area contributed by atoms with E-state index < -0.39 is 8.07 Å². The Morgan fingerprint density at radius 2 is 2.12 bits per heavy atom. The lowest BCUT2D eigenvalue weighted by Gasteiger charge is -2.29. The van der Waals surface area contributed by atoms with Gasteiger partial charge in [0.2, 0.25) is 0 Å². The van der Waals surface area contributed by atoms with Crippen LogP contribution in [-0.4, -0.2) is 29.8 Å². The summed E-state index contributed by atoms with van der Waals surface area (Å²) in [5, 5.41) is 4.82. The van der Waals surface area contributed by atoms with Crippen molar-refractivity contribution in [1.82, 2.24) is 9.78 Å². The molecule has 0 aliphatic rings. The molecule has 1 aromatic rings. The minimum absolute atomic E-state index is 0.0887. The highest BCUT2D eigenvalue weighted by Gasteiger charge is 2.26. The molecular formula is C10H19ClN2OSSi. The third-order valence-electron chi connectivity index (χ3n) is 2.53. The molecule has 0 radical (unpaired) electrons. The van der Waals surface area contributed by atoms with Crippen LogP contribution in [0.3, 0.4) is 0 Å². The number of nitrogens with zero attached hydrogens (tertiary/aromatic N) is 2. The van der Waals surface area contributed by atoms with E-state index in [1.807, 2.05) is 6.26 Å². The minimum atomic E-state index is -1.28. The van der Waals surface area contributed by atoms with E-state index in [1.165, 1.54) is 0 Å². The fourth-order valence-corrected chi connectivity index (χ4v) is 2.42. The van der Waals surface area contributed by atoms with E-state index in [2.05, 4.69) is 31.7 Å². The van der Waals surface area contributed by atoms with Gasteiger partial charge in [-0.1, -0.05) is 31.2 Å². The molecule has 0 N–H and O–H groups in total. The van der Waals surface area contributed by atoms with Crippen LogP contribution >= 0.6 is 23.4 Å². The van der Waals surface area contributed by atoms with E-state index in [1.54, 1.807) is 28.8 Å². The standard InChI is InChI=1S/C10H19ClN2OSSi/c1-8(16(3,4)5)14-10(15-2)13-7-9(11)6-12-13/h6-8,10H,1-5H3. The average molecular weight is 279 g/mol. The van der Waals surface area contributed by atoms with Crippen LogP contribution in [0, 0.1) is 0 Å². The second-order valence-electron chi connectivity index (χ2n) is 4.83. The van der Waals surface area contributed by atoms with Gasteiger partial charge in [0.25, 0.3) is 0 Å². The van der Waals surface area contributed by atoms with Crippen LogP contribution in [0.4, 0.5) is 0 Å². The van der Waals surface area contributed by atoms with Gasteiger partial charge in [0.05, 0.1) is 19.3 Å². The van der Waals surface area contributed by atoms with Crippen LogP contribution in [0.25, 0.3) is 0 Å². The lowest BCUT2D eigenvalue weighted by Crippen LogP contribution is -2.39. The Kier molecular flexibility index (Phi) is 4.91. The van der Waals surface area contributed by atoms with Gasteiger partial charge in [-0.2, -0.15) is 5.10 Å². The molecule has 0 fully saturated rings. The Morgan fingerprint density at radius 1 is 1.50 bits per heavy atom. The summed E-state index contributed by atoms with van der Waals surface area (Å²) in [6.45, 7) is 9.03. The minimum Gasteiger partial charge on any atom is -0.348 e. The molecule has 0 spiro atoms. The van der Waals surface area contributed by atoms with Crippen LogP contribution in [0.1, 0.15) is 12.5 Å². The van der Waals surface area contributed by atoms with Gasteiger partial charge in [0.15, 0.2) is 5.56 Å².